The number of allylic oxidation sites excluding steroid dienone is 3. The summed E-state index contributed by atoms with van der Waals surface area (Å²) in [4.78, 5) is 30.4. The van der Waals surface area contributed by atoms with E-state index in [0.29, 0.717) is 0 Å². The molecule has 1 aromatic rings. The van der Waals surface area contributed by atoms with Crippen LogP contribution in [0.15, 0.2) is 48.6 Å². The standard InChI is InChI=1S/C8H6O4.C6H8O2/c9-7(10)5-1-2-6(4-3-5)8(11)12;1-2-3-4-5-6(7)8/h1-4H,(H,9,10)(H,11,12);2-5H,1H3,(H,7,8). The summed E-state index contributed by atoms with van der Waals surface area (Å²) in [6.07, 6.45) is 5.98. The van der Waals surface area contributed by atoms with Gasteiger partial charge in [0.1, 0.15) is 0 Å². The Morgan fingerprint density at radius 2 is 1.25 bits per heavy atom. The summed E-state index contributed by atoms with van der Waals surface area (Å²) in [5.74, 6) is -3.04. The van der Waals surface area contributed by atoms with Gasteiger partial charge < -0.3 is 15.3 Å². The molecule has 1 aromatic carbocycles. The highest BCUT2D eigenvalue weighted by molar-refractivity contribution is 5.91. The Balaban J connectivity index is 0.000000396. The molecule has 0 spiro atoms. The smallest absolute Gasteiger partial charge is 0.335 e. The summed E-state index contributed by atoms with van der Waals surface area (Å²) in [6.45, 7) is 1.83. The van der Waals surface area contributed by atoms with Gasteiger partial charge >= 0.3 is 17.9 Å². The van der Waals surface area contributed by atoms with Crippen LogP contribution in [0, 0.1) is 0 Å². The Morgan fingerprint density at radius 3 is 1.50 bits per heavy atom. The van der Waals surface area contributed by atoms with Crippen LogP contribution in [0.2, 0.25) is 0 Å². The fourth-order valence-corrected chi connectivity index (χ4v) is 1.00. The quantitative estimate of drug-likeness (QED) is 0.575. The van der Waals surface area contributed by atoms with Crippen molar-refractivity contribution in [2.75, 3.05) is 0 Å². The predicted octanol–water partition coefficient (Wildman–Crippen LogP) is 2.29. The molecule has 0 aromatic heterocycles. The maximum absolute atomic E-state index is 10.3. The number of benzene rings is 1. The van der Waals surface area contributed by atoms with Crippen molar-refractivity contribution in [3.8, 4) is 0 Å². The SMILES string of the molecule is CC=CC=CC(=O)O.O=C(O)c1ccc(C(=O)O)cc1. The minimum absolute atomic E-state index is 0.0833. The van der Waals surface area contributed by atoms with Gasteiger partial charge in [0.05, 0.1) is 11.1 Å². The number of aliphatic carboxylic acids is 1. The highest BCUT2D eigenvalue weighted by Gasteiger charge is 2.04. The lowest BCUT2D eigenvalue weighted by Crippen LogP contribution is -1.99. The lowest BCUT2D eigenvalue weighted by atomic mass is 10.1. The lowest BCUT2D eigenvalue weighted by molar-refractivity contribution is -0.131. The van der Waals surface area contributed by atoms with Gasteiger partial charge in [-0.25, -0.2) is 14.4 Å². The van der Waals surface area contributed by atoms with Crippen molar-refractivity contribution in [1.82, 2.24) is 0 Å². The molecule has 0 aliphatic rings. The average molecular weight is 278 g/mol. The number of rotatable bonds is 4. The molecule has 0 heterocycles. The summed E-state index contributed by atoms with van der Waals surface area (Å²) in [5.41, 5.74) is 0.167. The molecule has 0 fully saturated rings. The first kappa shape index (κ1) is 17.1. The molecular weight excluding hydrogens is 264 g/mol. The number of carbonyl (C=O) groups is 3. The van der Waals surface area contributed by atoms with E-state index in [0.717, 1.165) is 6.08 Å². The molecule has 1 rings (SSSR count). The second-order valence-corrected chi connectivity index (χ2v) is 3.41. The molecule has 0 atom stereocenters. The molecular formula is C14H14O6. The van der Waals surface area contributed by atoms with Crippen molar-refractivity contribution < 1.29 is 29.7 Å². The Kier molecular flexibility index (Phi) is 7.78. The molecule has 0 saturated carbocycles. The Morgan fingerprint density at radius 1 is 0.850 bits per heavy atom. The van der Waals surface area contributed by atoms with Crippen LogP contribution in [0.4, 0.5) is 0 Å². The van der Waals surface area contributed by atoms with Gasteiger partial charge in [-0.05, 0) is 31.2 Å². The largest absolute Gasteiger partial charge is 0.478 e. The summed E-state index contributed by atoms with van der Waals surface area (Å²) < 4.78 is 0. The van der Waals surface area contributed by atoms with Crippen LogP contribution in [0.3, 0.4) is 0 Å². The van der Waals surface area contributed by atoms with Gasteiger partial charge in [0.2, 0.25) is 0 Å². The highest BCUT2D eigenvalue weighted by atomic mass is 16.4. The van der Waals surface area contributed by atoms with Gasteiger partial charge in [-0.3, -0.25) is 0 Å². The van der Waals surface area contributed by atoms with Gasteiger partial charge in [-0.2, -0.15) is 0 Å². The third kappa shape index (κ3) is 7.44. The van der Waals surface area contributed by atoms with E-state index in [9.17, 15) is 14.4 Å². The maximum Gasteiger partial charge on any atom is 0.335 e. The zero-order valence-electron chi connectivity index (χ0n) is 10.7. The van der Waals surface area contributed by atoms with Crippen molar-refractivity contribution in [2.45, 2.75) is 6.92 Å². The zero-order valence-corrected chi connectivity index (χ0v) is 10.7. The van der Waals surface area contributed by atoms with E-state index < -0.39 is 17.9 Å². The topological polar surface area (TPSA) is 112 Å². The third-order valence-electron chi connectivity index (χ3n) is 1.92. The number of carboxylic acids is 3. The monoisotopic (exact) mass is 278 g/mol. The predicted molar refractivity (Wildman–Crippen MR) is 72.0 cm³/mol. The fraction of sp³-hybridized carbons (Fsp3) is 0.0714. The Hall–Kier alpha value is -2.89. The summed E-state index contributed by atoms with van der Waals surface area (Å²) in [5, 5.41) is 25.0. The van der Waals surface area contributed by atoms with Gasteiger partial charge in [-0.1, -0.05) is 18.2 Å². The molecule has 0 aliphatic heterocycles. The molecule has 106 valence electrons. The number of carboxylic acid groups (broad SMARTS) is 3. The van der Waals surface area contributed by atoms with Gasteiger partial charge in [0, 0.05) is 6.08 Å². The molecule has 0 amide bonds. The molecule has 6 heteroatoms. The van der Waals surface area contributed by atoms with Crippen LogP contribution in [0.5, 0.6) is 0 Å². The fourth-order valence-electron chi connectivity index (χ4n) is 1.00. The first-order chi connectivity index (χ1) is 9.38. The van der Waals surface area contributed by atoms with Crippen LogP contribution < -0.4 is 0 Å². The van der Waals surface area contributed by atoms with E-state index in [1.807, 2.05) is 6.92 Å². The van der Waals surface area contributed by atoms with Crippen molar-refractivity contribution in [2.24, 2.45) is 0 Å². The molecule has 3 N–H and O–H groups in total. The molecule has 6 nitrogen and oxygen atoms in total. The normalized spacial score (nSPS) is 10.1. The van der Waals surface area contributed by atoms with Crippen LogP contribution in [0.25, 0.3) is 0 Å². The van der Waals surface area contributed by atoms with Crippen LogP contribution in [-0.4, -0.2) is 33.2 Å². The first-order valence-corrected chi connectivity index (χ1v) is 5.47. The third-order valence-corrected chi connectivity index (χ3v) is 1.92. The van der Waals surface area contributed by atoms with Crippen LogP contribution in [-0.2, 0) is 4.79 Å². The number of hydrogen-bond donors (Lipinski definition) is 3. The minimum Gasteiger partial charge on any atom is -0.478 e. The molecule has 0 radical (unpaired) electrons. The van der Waals surface area contributed by atoms with Gasteiger partial charge in [-0.15, -0.1) is 0 Å². The van der Waals surface area contributed by atoms with Crippen molar-refractivity contribution >= 4 is 17.9 Å². The molecule has 20 heavy (non-hydrogen) atoms. The van der Waals surface area contributed by atoms with Crippen LogP contribution in [0.1, 0.15) is 27.6 Å². The number of hydrogen-bond acceptors (Lipinski definition) is 3. The average Bonchev–Trinajstić information content (AvgIpc) is 2.39. The van der Waals surface area contributed by atoms with E-state index in [4.69, 9.17) is 15.3 Å². The van der Waals surface area contributed by atoms with Gasteiger partial charge in [0.25, 0.3) is 0 Å². The van der Waals surface area contributed by atoms with E-state index in [-0.39, 0.29) is 11.1 Å². The van der Waals surface area contributed by atoms with Crippen LogP contribution >= 0.6 is 0 Å². The summed E-state index contributed by atoms with van der Waals surface area (Å²) >= 11 is 0. The van der Waals surface area contributed by atoms with Crippen molar-refractivity contribution in [1.29, 1.82) is 0 Å². The van der Waals surface area contributed by atoms with Crippen molar-refractivity contribution in [3.05, 3.63) is 59.7 Å². The minimum atomic E-state index is -1.06. The maximum atomic E-state index is 10.3. The van der Waals surface area contributed by atoms with Crippen molar-refractivity contribution in [3.63, 3.8) is 0 Å². The molecule has 0 aliphatic carbocycles. The van der Waals surface area contributed by atoms with Gasteiger partial charge in [0.15, 0.2) is 0 Å². The molecule has 0 unspecified atom stereocenters. The Labute approximate surface area is 115 Å². The summed E-state index contributed by atoms with van der Waals surface area (Å²) in [6, 6.07) is 5.02. The zero-order chi connectivity index (χ0) is 15.5. The molecule has 0 bridgehead atoms. The Bertz CT molecular complexity index is 492. The lowest BCUT2D eigenvalue weighted by Gasteiger charge is -1.94. The summed E-state index contributed by atoms with van der Waals surface area (Å²) in [7, 11) is 0. The van der Waals surface area contributed by atoms with E-state index in [1.54, 1.807) is 12.2 Å². The van der Waals surface area contributed by atoms with E-state index >= 15 is 0 Å². The molecule has 0 saturated heterocycles. The highest BCUT2D eigenvalue weighted by Crippen LogP contribution is 2.03. The number of aromatic carboxylic acids is 2. The second kappa shape index (κ2) is 9.09. The van der Waals surface area contributed by atoms with E-state index in [1.165, 1.54) is 30.3 Å². The second-order valence-electron chi connectivity index (χ2n) is 3.41. The first-order valence-electron chi connectivity index (χ1n) is 5.47. The van der Waals surface area contributed by atoms with E-state index in [2.05, 4.69) is 0 Å².